The molecule has 0 saturated heterocycles. The van der Waals surface area contributed by atoms with Crippen LogP contribution in [0.2, 0.25) is 0 Å². The third-order valence-electron chi connectivity index (χ3n) is 4.99. The lowest BCUT2D eigenvalue weighted by Crippen LogP contribution is -2.16. The summed E-state index contributed by atoms with van der Waals surface area (Å²) in [5, 5.41) is 0. The number of hydrogen-bond acceptors (Lipinski definition) is 2. The number of carbonyl (C=O) groups is 2. The van der Waals surface area contributed by atoms with E-state index >= 15 is 0 Å². The lowest BCUT2D eigenvalue weighted by atomic mass is 9.74. The Balaban J connectivity index is 1.99. The van der Waals surface area contributed by atoms with Crippen LogP contribution in [0.5, 0.6) is 0 Å². The first-order chi connectivity index (χ1) is 10.5. The molecule has 4 rings (SSSR count). The average Bonchev–Trinajstić information content (AvgIpc) is 2.51. The second-order valence-corrected chi connectivity index (χ2v) is 6.45. The fourth-order valence-electron chi connectivity index (χ4n) is 3.91. The van der Waals surface area contributed by atoms with E-state index in [2.05, 4.69) is 24.3 Å². The van der Waals surface area contributed by atoms with Crippen molar-refractivity contribution >= 4 is 11.6 Å². The lowest BCUT2D eigenvalue weighted by Gasteiger charge is -2.30. The smallest absolute Gasteiger partial charge is 0.159 e. The van der Waals surface area contributed by atoms with Gasteiger partial charge in [0, 0.05) is 11.1 Å². The van der Waals surface area contributed by atoms with Crippen LogP contribution in [-0.2, 0) is 25.7 Å². The zero-order valence-corrected chi connectivity index (χ0v) is 13.0. The van der Waals surface area contributed by atoms with Crippen LogP contribution in [0.25, 0.3) is 11.1 Å². The number of Topliss-reactive ketones (excluding diaryl/α,β-unsaturated/α-hetero) is 2. The van der Waals surface area contributed by atoms with Crippen LogP contribution in [0.3, 0.4) is 0 Å². The number of benzene rings is 2. The predicted molar refractivity (Wildman–Crippen MR) is 86.7 cm³/mol. The predicted octanol–water partition coefficient (Wildman–Crippen LogP) is 3.96. The molecular formula is C20H18O2. The van der Waals surface area contributed by atoms with Gasteiger partial charge in [-0.05, 0) is 97.2 Å². The Bertz CT molecular complexity index is 721. The van der Waals surface area contributed by atoms with Crippen molar-refractivity contribution in [3.8, 4) is 11.1 Å². The van der Waals surface area contributed by atoms with Crippen LogP contribution in [0.15, 0.2) is 24.3 Å². The molecule has 2 heteroatoms. The van der Waals surface area contributed by atoms with E-state index in [4.69, 9.17) is 0 Å². The fourth-order valence-corrected chi connectivity index (χ4v) is 3.91. The van der Waals surface area contributed by atoms with Crippen molar-refractivity contribution in [3.05, 3.63) is 57.6 Å². The lowest BCUT2D eigenvalue weighted by molar-refractivity contribution is 0.100. The highest BCUT2D eigenvalue weighted by Crippen LogP contribution is 2.43. The highest BCUT2D eigenvalue weighted by Gasteiger charge is 2.27. The summed E-state index contributed by atoms with van der Waals surface area (Å²) in [6.07, 6.45) is 3.82. The summed E-state index contributed by atoms with van der Waals surface area (Å²) < 4.78 is 0. The first kappa shape index (κ1) is 13.4. The molecule has 2 aliphatic carbocycles. The zero-order valence-electron chi connectivity index (χ0n) is 13.0. The van der Waals surface area contributed by atoms with Gasteiger partial charge in [-0.1, -0.05) is 0 Å². The van der Waals surface area contributed by atoms with Gasteiger partial charge in [-0.25, -0.2) is 0 Å². The molecule has 2 aromatic carbocycles. The van der Waals surface area contributed by atoms with Crippen LogP contribution in [0.1, 0.15) is 56.8 Å². The molecule has 0 spiro atoms. The Kier molecular flexibility index (Phi) is 2.83. The van der Waals surface area contributed by atoms with Gasteiger partial charge in [0.2, 0.25) is 0 Å². The molecule has 0 aromatic heterocycles. The number of hydrogen-bond donors (Lipinski definition) is 0. The van der Waals surface area contributed by atoms with Crippen LogP contribution in [-0.4, -0.2) is 11.6 Å². The molecule has 0 amide bonds. The number of aryl methyl sites for hydroxylation is 4. The SMILES string of the molecule is CC(=O)c1cc2c3c(c1)CCc1cc(C(C)=O)cc(c1-3)CC2. The van der Waals surface area contributed by atoms with Crippen molar-refractivity contribution in [1.82, 2.24) is 0 Å². The highest BCUT2D eigenvalue weighted by atomic mass is 16.1. The van der Waals surface area contributed by atoms with Gasteiger partial charge < -0.3 is 0 Å². The fraction of sp³-hybridized carbons (Fsp3) is 0.300. The molecule has 0 N–H and O–H groups in total. The van der Waals surface area contributed by atoms with E-state index in [0.29, 0.717) is 0 Å². The van der Waals surface area contributed by atoms with Gasteiger partial charge in [-0.3, -0.25) is 9.59 Å². The molecule has 2 aliphatic rings. The molecule has 0 radical (unpaired) electrons. The molecule has 2 nitrogen and oxygen atoms in total. The first-order valence-corrected chi connectivity index (χ1v) is 7.88. The summed E-state index contributed by atoms with van der Waals surface area (Å²) in [4.78, 5) is 23.5. The molecule has 0 aliphatic heterocycles. The average molecular weight is 290 g/mol. The largest absolute Gasteiger partial charge is 0.295 e. The molecule has 110 valence electrons. The number of carbonyl (C=O) groups excluding carboxylic acids is 2. The van der Waals surface area contributed by atoms with Crippen LogP contribution >= 0.6 is 0 Å². The summed E-state index contributed by atoms with van der Waals surface area (Å²) in [5.74, 6) is 0.283. The van der Waals surface area contributed by atoms with E-state index in [0.717, 1.165) is 36.8 Å². The van der Waals surface area contributed by atoms with Gasteiger partial charge in [0.15, 0.2) is 11.6 Å². The van der Waals surface area contributed by atoms with Gasteiger partial charge >= 0.3 is 0 Å². The summed E-state index contributed by atoms with van der Waals surface area (Å²) in [7, 11) is 0. The third kappa shape index (κ3) is 1.87. The molecule has 0 heterocycles. The van der Waals surface area contributed by atoms with Crippen molar-refractivity contribution in [2.45, 2.75) is 39.5 Å². The molecule has 2 aromatic rings. The van der Waals surface area contributed by atoms with E-state index < -0.39 is 0 Å². The molecule has 0 unspecified atom stereocenters. The minimum absolute atomic E-state index is 0.141. The molecule has 0 saturated carbocycles. The second kappa shape index (κ2) is 4.64. The van der Waals surface area contributed by atoms with Crippen LogP contribution in [0, 0.1) is 0 Å². The van der Waals surface area contributed by atoms with Gasteiger partial charge in [0.05, 0.1) is 0 Å². The third-order valence-corrected chi connectivity index (χ3v) is 4.99. The van der Waals surface area contributed by atoms with E-state index in [-0.39, 0.29) is 11.6 Å². The molecule has 0 atom stereocenters. The number of rotatable bonds is 2. The second-order valence-electron chi connectivity index (χ2n) is 6.45. The molecule has 0 fully saturated rings. The summed E-state index contributed by atoms with van der Waals surface area (Å²) in [6, 6.07) is 8.27. The standard InChI is InChI=1S/C20H18O2/c1-11(21)17-7-13-3-5-15-9-18(12(2)22)10-16-6-4-14(8-17)19(13)20(15)16/h7-10H,3-6H2,1-2H3. The van der Waals surface area contributed by atoms with Gasteiger partial charge in [0.1, 0.15) is 0 Å². The zero-order chi connectivity index (χ0) is 15.4. The van der Waals surface area contributed by atoms with Crippen molar-refractivity contribution < 1.29 is 9.59 Å². The number of ketones is 2. The van der Waals surface area contributed by atoms with E-state index in [1.807, 2.05) is 0 Å². The first-order valence-electron chi connectivity index (χ1n) is 7.88. The molecule has 0 bridgehead atoms. The van der Waals surface area contributed by atoms with E-state index in [9.17, 15) is 9.59 Å². The topological polar surface area (TPSA) is 34.1 Å². The minimum Gasteiger partial charge on any atom is -0.295 e. The highest BCUT2D eigenvalue weighted by molar-refractivity contribution is 5.98. The summed E-state index contributed by atoms with van der Waals surface area (Å²) >= 11 is 0. The molecule has 22 heavy (non-hydrogen) atoms. The van der Waals surface area contributed by atoms with Gasteiger partial charge in [-0.2, -0.15) is 0 Å². The Morgan fingerprint density at radius 2 is 0.909 bits per heavy atom. The minimum atomic E-state index is 0.141. The quantitative estimate of drug-likeness (QED) is 0.785. The van der Waals surface area contributed by atoms with Crippen molar-refractivity contribution in [1.29, 1.82) is 0 Å². The Hall–Kier alpha value is -2.22. The van der Waals surface area contributed by atoms with Crippen LogP contribution in [0.4, 0.5) is 0 Å². The monoisotopic (exact) mass is 290 g/mol. The summed E-state index contributed by atoms with van der Waals surface area (Å²) in [5.41, 5.74) is 9.53. The van der Waals surface area contributed by atoms with Gasteiger partial charge in [-0.15, -0.1) is 0 Å². The Morgan fingerprint density at radius 3 is 1.14 bits per heavy atom. The van der Waals surface area contributed by atoms with Crippen molar-refractivity contribution in [2.24, 2.45) is 0 Å². The maximum Gasteiger partial charge on any atom is 0.159 e. The molecular weight excluding hydrogens is 272 g/mol. The maximum absolute atomic E-state index is 11.7. The van der Waals surface area contributed by atoms with Gasteiger partial charge in [0.25, 0.3) is 0 Å². The Labute approximate surface area is 130 Å². The van der Waals surface area contributed by atoms with Crippen molar-refractivity contribution in [3.63, 3.8) is 0 Å². The normalized spacial score (nSPS) is 14.5. The van der Waals surface area contributed by atoms with Crippen LogP contribution < -0.4 is 0 Å². The van der Waals surface area contributed by atoms with Crippen molar-refractivity contribution in [2.75, 3.05) is 0 Å². The summed E-state index contributed by atoms with van der Waals surface area (Å²) in [6.45, 7) is 3.28. The maximum atomic E-state index is 11.7. The Morgan fingerprint density at radius 1 is 0.636 bits per heavy atom. The van der Waals surface area contributed by atoms with E-state index in [1.165, 1.54) is 33.4 Å². The van der Waals surface area contributed by atoms with E-state index in [1.54, 1.807) is 13.8 Å².